The Morgan fingerprint density at radius 2 is 1.65 bits per heavy atom. The van der Waals surface area contributed by atoms with Crippen molar-refractivity contribution < 1.29 is 9.47 Å². The van der Waals surface area contributed by atoms with Gasteiger partial charge in [-0.25, -0.2) is 0 Å². The molecule has 0 aliphatic rings. The van der Waals surface area contributed by atoms with Gasteiger partial charge in [0, 0.05) is 6.04 Å². The molecule has 0 unspecified atom stereocenters. The molecule has 0 amide bonds. The van der Waals surface area contributed by atoms with Gasteiger partial charge in [-0.2, -0.15) is 0 Å². The number of para-hydroxylation sites is 1. The van der Waals surface area contributed by atoms with Gasteiger partial charge in [0.1, 0.15) is 11.5 Å². The Morgan fingerprint density at radius 3 is 2.35 bits per heavy atom. The minimum atomic E-state index is 0.492. The molecule has 2 aromatic rings. The summed E-state index contributed by atoms with van der Waals surface area (Å²) in [6.07, 6.45) is 3.18. The van der Waals surface area contributed by atoms with E-state index in [4.69, 9.17) is 9.47 Å². The van der Waals surface area contributed by atoms with E-state index >= 15 is 0 Å². The zero-order valence-electron chi connectivity index (χ0n) is 14.3. The lowest BCUT2D eigenvalue weighted by Crippen LogP contribution is -2.28. The number of methoxy groups -OCH3 is 2. The topological polar surface area (TPSA) is 30.5 Å². The molecule has 2 rings (SSSR count). The predicted octanol–water partition coefficient (Wildman–Crippen LogP) is 3.86. The van der Waals surface area contributed by atoms with Crippen LogP contribution in [-0.2, 0) is 12.8 Å². The third kappa shape index (κ3) is 5.61. The van der Waals surface area contributed by atoms with Crippen molar-refractivity contribution in [1.82, 2.24) is 5.32 Å². The summed E-state index contributed by atoms with van der Waals surface area (Å²) in [6.45, 7) is 3.20. The highest BCUT2D eigenvalue weighted by molar-refractivity contribution is 5.33. The van der Waals surface area contributed by atoms with Crippen molar-refractivity contribution in [2.75, 3.05) is 20.8 Å². The summed E-state index contributed by atoms with van der Waals surface area (Å²) < 4.78 is 10.6. The maximum absolute atomic E-state index is 5.39. The normalized spacial score (nSPS) is 12.0. The molecule has 3 nitrogen and oxygen atoms in total. The molecule has 0 spiro atoms. The Labute approximate surface area is 139 Å². The maximum atomic E-state index is 5.39. The molecule has 0 aromatic heterocycles. The molecule has 0 aliphatic carbocycles. The van der Waals surface area contributed by atoms with Crippen LogP contribution in [0.1, 0.15) is 24.5 Å². The van der Waals surface area contributed by atoms with Crippen molar-refractivity contribution in [3.05, 3.63) is 59.7 Å². The van der Waals surface area contributed by atoms with E-state index in [1.807, 2.05) is 24.3 Å². The Kier molecular flexibility index (Phi) is 6.95. The van der Waals surface area contributed by atoms with Crippen molar-refractivity contribution in [3.8, 4) is 11.5 Å². The quantitative estimate of drug-likeness (QED) is 0.762. The van der Waals surface area contributed by atoms with E-state index in [0.29, 0.717) is 6.04 Å². The van der Waals surface area contributed by atoms with Crippen LogP contribution < -0.4 is 14.8 Å². The molecule has 0 aliphatic heterocycles. The second kappa shape index (κ2) is 9.21. The van der Waals surface area contributed by atoms with Crippen LogP contribution in [0.3, 0.4) is 0 Å². The number of hydrogen-bond donors (Lipinski definition) is 1. The first-order chi connectivity index (χ1) is 11.2. The van der Waals surface area contributed by atoms with Crippen LogP contribution in [0, 0.1) is 0 Å². The minimum Gasteiger partial charge on any atom is -0.497 e. The van der Waals surface area contributed by atoms with Gasteiger partial charge in [0.05, 0.1) is 14.2 Å². The van der Waals surface area contributed by atoms with E-state index in [1.165, 1.54) is 11.1 Å². The lowest BCUT2D eigenvalue weighted by Gasteiger charge is -2.15. The molecule has 2 aromatic carbocycles. The second-order valence-corrected chi connectivity index (χ2v) is 5.80. The average molecular weight is 313 g/mol. The SMILES string of the molecule is COc1ccc(CC[C@H](C)NCCc2ccccc2OC)cc1. The number of aryl methyl sites for hydroxylation is 1. The van der Waals surface area contributed by atoms with Crippen molar-refractivity contribution in [1.29, 1.82) is 0 Å². The zero-order chi connectivity index (χ0) is 16.5. The van der Waals surface area contributed by atoms with Gasteiger partial charge in [-0.15, -0.1) is 0 Å². The largest absolute Gasteiger partial charge is 0.497 e. The smallest absolute Gasteiger partial charge is 0.122 e. The third-order valence-corrected chi connectivity index (χ3v) is 4.10. The van der Waals surface area contributed by atoms with Crippen molar-refractivity contribution in [3.63, 3.8) is 0 Å². The first kappa shape index (κ1) is 17.4. The molecule has 0 heterocycles. The molecule has 124 valence electrons. The van der Waals surface area contributed by atoms with Crippen LogP contribution in [0.15, 0.2) is 48.5 Å². The fourth-order valence-electron chi connectivity index (χ4n) is 2.64. The van der Waals surface area contributed by atoms with Crippen LogP contribution in [0.2, 0.25) is 0 Å². The number of benzene rings is 2. The lowest BCUT2D eigenvalue weighted by molar-refractivity contribution is 0.408. The summed E-state index contributed by atoms with van der Waals surface area (Å²) >= 11 is 0. The molecule has 0 saturated heterocycles. The minimum absolute atomic E-state index is 0.492. The first-order valence-corrected chi connectivity index (χ1v) is 8.21. The lowest BCUT2D eigenvalue weighted by atomic mass is 10.1. The second-order valence-electron chi connectivity index (χ2n) is 5.80. The van der Waals surface area contributed by atoms with Crippen molar-refractivity contribution >= 4 is 0 Å². The van der Waals surface area contributed by atoms with Crippen molar-refractivity contribution in [2.45, 2.75) is 32.2 Å². The summed E-state index contributed by atoms with van der Waals surface area (Å²) in [6, 6.07) is 17.0. The molecule has 1 atom stereocenters. The molecule has 0 radical (unpaired) electrons. The van der Waals surface area contributed by atoms with Gasteiger partial charge in [0.15, 0.2) is 0 Å². The Hall–Kier alpha value is -2.00. The van der Waals surface area contributed by atoms with E-state index in [1.54, 1.807) is 14.2 Å². The van der Waals surface area contributed by atoms with Crippen LogP contribution >= 0.6 is 0 Å². The molecule has 0 saturated carbocycles. The molecule has 3 heteroatoms. The summed E-state index contributed by atoms with van der Waals surface area (Å²) in [7, 11) is 3.42. The van der Waals surface area contributed by atoms with Gasteiger partial charge in [0.2, 0.25) is 0 Å². The number of rotatable bonds is 9. The van der Waals surface area contributed by atoms with Crippen molar-refractivity contribution in [2.24, 2.45) is 0 Å². The summed E-state index contributed by atoms with van der Waals surface area (Å²) in [4.78, 5) is 0. The zero-order valence-corrected chi connectivity index (χ0v) is 14.3. The highest BCUT2D eigenvalue weighted by Crippen LogP contribution is 2.17. The monoisotopic (exact) mass is 313 g/mol. The molecule has 0 fully saturated rings. The fraction of sp³-hybridized carbons (Fsp3) is 0.400. The van der Waals surface area contributed by atoms with Crippen LogP contribution in [-0.4, -0.2) is 26.8 Å². The Balaban J connectivity index is 1.71. The van der Waals surface area contributed by atoms with Gasteiger partial charge in [0.25, 0.3) is 0 Å². The van der Waals surface area contributed by atoms with Gasteiger partial charge >= 0.3 is 0 Å². The molecular formula is C20H27NO2. The van der Waals surface area contributed by atoms with Gasteiger partial charge in [-0.1, -0.05) is 30.3 Å². The average Bonchev–Trinajstić information content (AvgIpc) is 2.61. The van der Waals surface area contributed by atoms with Gasteiger partial charge in [-0.05, 0) is 62.1 Å². The van der Waals surface area contributed by atoms with E-state index in [0.717, 1.165) is 37.3 Å². The number of nitrogens with one attached hydrogen (secondary N) is 1. The highest BCUT2D eigenvalue weighted by Gasteiger charge is 2.05. The standard InChI is InChI=1S/C20H27NO2/c1-16(8-9-17-10-12-19(22-2)13-11-17)21-15-14-18-6-4-5-7-20(18)23-3/h4-7,10-13,16,21H,8-9,14-15H2,1-3H3/t16-/m0/s1. The van der Waals surface area contributed by atoms with E-state index in [2.05, 4.69) is 36.5 Å². The van der Waals surface area contributed by atoms with Gasteiger partial charge < -0.3 is 14.8 Å². The Bertz CT molecular complexity index is 580. The summed E-state index contributed by atoms with van der Waals surface area (Å²) in [5.41, 5.74) is 2.61. The Morgan fingerprint density at radius 1 is 0.913 bits per heavy atom. The predicted molar refractivity (Wildman–Crippen MR) is 95.5 cm³/mol. The van der Waals surface area contributed by atoms with Crippen LogP contribution in [0.4, 0.5) is 0 Å². The van der Waals surface area contributed by atoms with E-state index in [9.17, 15) is 0 Å². The van der Waals surface area contributed by atoms with Crippen LogP contribution in [0.5, 0.6) is 11.5 Å². The molecule has 23 heavy (non-hydrogen) atoms. The van der Waals surface area contributed by atoms with E-state index < -0.39 is 0 Å². The molecule has 0 bridgehead atoms. The summed E-state index contributed by atoms with van der Waals surface area (Å²) in [5.74, 6) is 1.89. The van der Waals surface area contributed by atoms with E-state index in [-0.39, 0.29) is 0 Å². The highest BCUT2D eigenvalue weighted by atomic mass is 16.5. The fourth-order valence-corrected chi connectivity index (χ4v) is 2.64. The third-order valence-electron chi connectivity index (χ3n) is 4.10. The number of hydrogen-bond acceptors (Lipinski definition) is 3. The molecule has 1 N–H and O–H groups in total. The summed E-state index contributed by atoms with van der Waals surface area (Å²) in [5, 5.41) is 3.59. The number of ether oxygens (including phenoxy) is 2. The molecular weight excluding hydrogens is 286 g/mol. The van der Waals surface area contributed by atoms with Gasteiger partial charge in [-0.3, -0.25) is 0 Å². The van der Waals surface area contributed by atoms with Crippen LogP contribution in [0.25, 0.3) is 0 Å². The first-order valence-electron chi connectivity index (χ1n) is 8.21. The maximum Gasteiger partial charge on any atom is 0.122 e.